The van der Waals surface area contributed by atoms with Crippen molar-refractivity contribution in [3.05, 3.63) is 53.6 Å². The zero-order chi connectivity index (χ0) is 17.5. The summed E-state index contributed by atoms with van der Waals surface area (Å²) < 4.78 is 10.6. The number of phenols is 1. The van der Waals surface area contributed by atoms with Gasteiger partial charge in [-0.05, 0) is 42.8 Å². The third-order valence-electron chi connectivity index (χ3n) is 3.49. The molecular weight excluding hydrogens is 310 g/mol. The number of hydrogen-bond acceptors (Lipinski definition) is 5. The van der Waals surface area contributed by atoms with Gasteiger partial charge in [-0.15, -0.1) is 0 Å². The van der Waals surface area contributed by atoms with Crippen molar-refractivity contribution in [2.45, 2.75) is 13.0 Å². The van der Waals surface area contributed by atoms with E-state index in [1.54, 1.807) is 36.4 Å². The summed E-state index contributed by atoms with van der Waals surface area (Å²) in [7, 11) is 1.50. The first-order valence-corrected chi connectivity index (χ1v) is 7.56. The number of aliphatic hydroxyl groups excluding tert-OH is 1. The van der Waals surface area contributed by atoms with Crippen LogP contribution in [0.1, 0.15) is 28.9 Å². The van der Waals surface area contributed by atoms with Crippen LogP contribution in [0.5, 0.6) is 17.2 Å². The minimum atomic E-state index is -0.276. The fourth-order valence-corrected chi connectivity index (χ4v) is 2.24. The number of aromatic hydroxyl groups is 1. The number of phenolic OH excluding ortho intramolecular Hbond substituents is 1. The third-order valence-corrected chi connectivity index (χ3v) is 3.49. The molecule has 0 aliphatic heterocycles. The molecule has 1 amide bonds. The van der Waals surface area contributed by atoms with E-state index in [2.05, 4.69) is 5.32 Å². The summed E-state index contributed by atoms with van der Waals surface area (Å²) in [4.78, 5) is 12.4. The molecule has 1 atom stereocenters. The van der Waals surface area contributed by atoms with Crippen molar-refractivity contribution in [2.24, 2.45) is 0 Å². The minimum absolute atomic E-state index is 0.112. The largest absolute Gasteiger partial charge is 0.508 e. The van der Waals surface area contributed by atoms with Gasteiger partial charge < -0.3 is 25.0 Å². The summed E-state index contributed by atoms with van der Waals surface area (Å²) in [5, 5.41) is 21.3. The Morgan fingerprint density at radius 2 is 2.00 bits per heavy atom. The van der Waals surface area contributed by atoms with Crippen LogP contribution in [0.3, 0.4) is 0 Å². The van der Waals surface area contributed by atoms with E-state index in [1.807, 2.05) is 13.0 Å². The van der Waals surface area contributed by atoms with E-state index in [9.17, 15) is 9.90 Å². The van der Waals surface area contributed by atoms with Crippen LogP contribution < -0.4 is 14.8 Å². The van der Waals surface area contributed by atoms with Gasteiger partial charge in [0.05, 0.1) is 19.8 Å². The molecule has 0 aliphatic rings. The normalized spacial score (nSPS) is 11.6. The highest BCUT2D eigenvalue weighted by molar-refractivity contribution is 5.95. The maximum Gasteiger partial charge on any atom is 0.251 e. The molecule has 0 heterocycles. The van der Waals surface area contributed by atoms with Crippen LogP contribution in [0.25, 0.3) is 0 Å². The number of carbonyl (C=O) groups is 1. The molecule has 3 N–H and O–H groups in total. The Morgan fingerprint density at radius 3 is 2.67 bits per heavy atom. The molecule has 0 bridgehead atoms. The van der Waals surface area contributed by atoms with E-state index < -0.39 is 0 Å². The van der Waals surface area contributed by atoms with Crippen LogP contribution in [0, 0.1) is 0 Å². The van der Waals surface area contributed by atoms with E-state index in [4.69, 9.17) is 14.6 Å². The molecule has 0 aromatic heterocycles. The van der Waals surface area contributed by atoms with Crippen molar-refractivity contribution < 1.29 is 24.5 Å². The Bertz CT molecular complexity index is 702. The van der Waals surface area contributed by atoms with E-state index in [0.717, 1.165) is 5.56 Å². The number of aliphatic hydroxyl groups is 1. The van der Waals surface area contributed by atoms with Gasteiger partial charge in [0.2, 0.25) is 0 Å². The summed E-state index contributed by atoms with van der Waals surface area (Å²) in [5.41, 5.74) is 1.21. The van der Waals surface area contributed by atoms with Crippen molar-refractivity contribution in [2.75, 3.05) is 20.3 Å². The fourth-order valence-electron chi connectivity index (χ4n) is 2.24. The number of carbonyl (C=O) groups excluding carboxylic acids is 1. The van der Waals surface area contributed by atoms with Gasteiger partial charge in [-0.2, -0.15) is 0 Å². The van der Waals surface area contributed by atoms with Crippen molar-refractivity contribution in [3.63, 3.8) is 0 Å². The maximum absolute atomic E-state index is 12.4. The van der Waals surface area contributed by atoms with Gasteiger partial charge >= 0.3 is 0 Å². The zero-order valence-corrected chi connectivity index (χ0v) is 13.7. The van der Waals surface area contributed by atoms with Gasteiger partial charge in [0.15, 0.2) is 11.5 Å². The zero-order valence-electron chi connectivity index (χ0n) is 13.7. The highest BCUT2D eigenvalue weighted by Crippen LogP contribution is 2.28. The van der Waals surface area contributed by atoms with Crippen molar-refractivity contribution in [1.29, 1.82) is 0 Å². The summed E-state index contributed by atoms with van der Waals surface area (Å²) in [6.07, 6.45) is 0. The van der Waals surface area contributed by atoms with Crippen LogP contribution in [0.2, 0.25) is 0 Å². The second-order valence-electron chi connectivity index (χ2n) is 5.23. The molecule has 24 heavy (non-hydrogen) atoms. The first-order chi connectivity index (χ1) is 11.5. The lowest BCUT2D eigenvalue weighted by molar-refractivity contribution is 0.0939. The van der Waals surface area contributed by atoms with E-state index >= 15 is 0 Å². The highest BCUT2D eigenvalue weighted by Gasteiger charge is 2.14. The van der Waals surface area contributed by atoms with Gasteiger partial charge in [-0.25, -0.2) is 0 Å². The maximum atomic E-state index is 12.4. The quantitative estimate of drug-likeness (QED) is 0.724. The monoisotopic (exact) mass is 331 g/mol. The highest BCUT2D eigenvalue weighted by atomic mass is 16.5. The van der Waals surface area contributed by atoms with Crippen LogP contribution in [-0.4, -0.2) is 36.4 Å². The Morgan fingerprint density at radius 1 is 1.21 bits per heavy atom. The van der Waals surface area contributed by atoms with Gasteiger partial charge in [0, 0.05) is 5.56 Å². The van der Waals surface area contributed by atoms with Gasteiger partial charge in [-0.3, -0.25) is 4.79 Å². The molecule has 0 radical (unpaired) electrons. The lowest BCUT2D eigenvalue weighted by Crippen LogP contribution is -2.26. The summed E-state index contributed by atoms with van der Waals surface area (Å²) in [6.45, 7) is 1.81. The van der Waals surface area contributed by atoms with Crippen molar-refractivity contribution in [1.82, 2.24) is 5.32 Å². The molecule has 0 fully saturated rings. The molecule has 2 aromatic carbocycles. The second kappa shape index (κ2) is 8.21. The number of rotatable bonds is 7. The molecule has 6 heteroatoms. The SMILES string of the molecule is COc1ccc(C(=O)N[C@H](C)c2cccc(O)c2)cc1OCCO. The minimum Gasteiger partial charge on any atom is -0.508 e. The molecule has 128 valence electrons. The van der Waals surface area contributed by atoms with Gasteiger partial charge in [0.1, 0.15) is 12.4 Å². The topological polar surface area (TPSA) is 88.0 Å². The molecule has 2 aromatic rings. The van der Waals surface area contributed by atoms with E-state index in [-0.39, 0.29) is 30.9 Å². The Hall–Kier alpha value is -2.73. The Kier molecular flexibility index (Phi) is 6.03. The number of amides is 1. The smallest absolute Gasteiger partial charge is 0.251 e. The first-order valence-electron chi connectivity index (χ1n) is 7.56. The molecule has 0 unspecified atom stereocenters. The fraction of sp³-hybridized carbons (Fsp3) is 0.278. The number of nitrogens with one attached hydrogen (secondary N) is 1. The summed E-state index contributed by atoms with van der Waals surface area (Å²) in [5.74, 6) is 0.755. The van der Waals surface area contributed by atoms with Gasteiger partial charge in [0.25, 0.3) is 5.91 Å². The second-order valence-corrected chi connectivity index (χ2v) is 5.23. The average molecular weight is 331 g/mol. The number of methoxy groups -OCH3 is 1. The molecule has 2 rings (SSSR count). The number of benzene rings is 2. The van der Waals surface area contributed by atoms with Crippen molar-refractivity contribution in [3.8, 4) is 17.2 Å². The molecule has 0 aliphatic carbocycles. The lowest BCUT2D eigenvalue weighted by Gasteiger charge is -2.16. The standard InChI is InChI=1S/C18H21NO5/c1-12(13-4-3-5-15(21)10-13)19-18(22)14-6-7-16(23-2)17(11-14)24-9-8-20/h3-7,10-12,20-21H,8-9H2,1-2H3,(H,19,22)/t12-/m1/s1. The molecule has 0 saturated carbocycles. The number of ether oxygens (including phenoxy) is 2. The number of hydrogen-bond donors (Lipinski definition) is 3. The summed E-state index contributed by atoms with van der Waals surface area (Å²) >= 11 is 0. The summed E-state index contributed by atoms with van der Waals surface area (Å²) in [6, 6.07) is 11.3. The van der Waals surface area contributed by atoms with E-state index in [1.165, 1.54) is 7.11 Å². The van der Waals surface area contributed by atoms with Crippen molar-refractivity contribution >= 4 is 5.91 Å². The van der Waals surface area contributed by atoms with Crippen LogP contribution in [0.4, 0.5) is 0 Å². The van der Waals surface area contributed by atoms with E-state index in [0.29, 0.717) is 17.1 Å². The third kappa shape index (κ3) is 4.39. The average Bonchev–Trinajstić information content (AvgIpc) is 2.59. The molecule has 0 spiro atoms. The predicted octanol–water partition coefficient (Wildman–Crippen LogP) is 2.26. The van der Waals surface area contributed by atoms with Crippen LogP contribution in [0.15, 0.2) is 42.5 Å². The molecule has 0 saturated heterocycles. The first kappa shape index (κ1) is 17.6. The Labute approximate surface area is 140 Å². The van der Waals surface area contributed by atoms with Crippen LogP contribution >= 0.6 is 0 Å². The Balaban J connectivity index is 2.14. The van der Waals surface area contributed by atoms with Gasteiger partial charge in [-0.1, -0.05) is 12.1 Å². The molecule has 6 nitrogen and oxygen atoms in total. The van der Waals surface area contributed by atoms with Crippen LogP contribution in [-0.2, 0) is 0 Å². The lowest BCUT2D eigenvalue weighted by atomic mass is 10.1. The predicted molar refractivity (Wildman–Crippen MR) is 89.6 cm³/mol. The molecular formula is C18H21NO5.